The first-order valence-electron chi connectivity index (χ1n) is 7.75. The molecule has 2 heterocycles. The minimum Gasteiger partial charge on any atom is -0.435 e. The van der Waals surface area contributed by atoms with Crippen LogP contribution in [0.5, 0.6) is 5.75 Å². The minimum absolute atomic E-state index is 0.0412. The minimum atomic E-state index is -2.87. The van der Waals surface area contributed by atoms with Crippen LogP contribution in [0.15, 0.2) is 30.5 Å². The number of carbonyl (C=O) groups excluding carboxylic acids is 1. The number of nitrogens with one attached hydrogen (secondary N) is 2. The zero-order valence-corrected chi connectivity index (χ0v) is 13.0. The molecular weight excluding hydrogens is 318 g/mol. The molecule has 0 radical (unpaired) electrons. The Kier molecular flexibility index (Phi) is 4.93. The standard InChI is InChI=1S/C16H18F2N4O2/c17-15(18)24-13-6-4-11(5-7-13)21-16(23)19-9-12-10-22-8-2-1-3-14(22)20-12/h4-7,10,15H,1-3,8-9H2,(H2,19,21,23). The molecule has 0 unspecified atom stereocenters. The molecule has 6 nitrogen and oxygen atoms in total. The van der Waals surface area contributed by atoms with E-state index in [9.17, 15) is 13.6 Å². The fourth-order valence-corrected chi connectivity index (χ4v) is 2.62. The smallest absolute Gasteiger partial charge is 0.387 e. The van der Waals surface area contributed by atoms with Crippen LogP contribution < -0.4 is 15.4 Å². The number of rotatable bonds is 5. The van der Waals surface area contributed by atoms with Crippen LogP contribution in [0.1, 0.15) is 24.4 Å². The van der Waals surface area contributed by atoms with Gasteiger partial charge in [0.1, 0.15) is 11.6 Å². The van der Waals surface area contributed by atoms with E-state index in [1.165, 1.54) is 24.3 Å². The van der Waals surface area contributed by atoms with Crippen LogP contribution in [0, 0.1) is 0 Å². The molecule has 2 N–H and O–H groups in total. The largest absolute Gasteiger partial charge is 0.435 e. The summed E-state index contributed by atoms with van der Waals surface area (Å²) < 4.78 is 30.5. The zero-order valence-electron chi connectivity index (χ0n) is 13.0. The molecule has 1 aliphatic rings. The molecule has 0 bridgehead atoms. The molecular formula is C16H18F2N4O2. The second kappa shape index (κ2) is 7.29. The first kappa shape index (κ1) is 16.2. The number of benzene rings is 1. The summed E-state index contributed by atoms with van der Waals surface area (Å²) in [4.78, 5) is 16.4. The number of carbonyl (C=O) groups is 1. The number of anilines is 1. The van der Waals surface area contributed by atoms with Crippen molar-refractivity contribution in [3.8, 4) is 5.75 Å². The van der Waals surface area contributed by atoms with Crippen molar-refractivity contribution in [1.82, 2.24) is 14.9 Å². The maximum absolute atomic E-state index is 12.1. The molecule has 128 valence electrons. The molecule has 0 aliphatic carbocycles. The van der Waals surface area contributed by atoms with E-state index in [-0.39, 0.29) is 11.8 Å². The first-order chi connectivity index (χ1) is 11.6. The summed E-state index contributed by atoms with van der Waals surface area (Å²) in [6.45, 7) is -1.56. The van der Waals surface area contributed by atoms with Gasteiger partial charge in [0.15, 0.2) is 0 Å². The lowest BCUT2D eigenvalue weighted by molar-refractivity contribution is -0.0498. The van der Waals surface area contributed by atoms with Crippen molar-refractivity contribution >= 4 is 11.7 Å². The van der Waals surface area contributed by atoms with Gasteiger partial charge in [-0.3, -0.25) is 0 Å². The Hall–Kier alpha value is -2.64. The van der Waals surface area contributed by atoms with E-state index in [1.54, 1.807) is 0 Å². The molecule has 0 atom stereocenters. The number of hydrogen-bond donors (Lipinski definition) is 2. The highest BCUT2D eigenvalue weighted by atomic mass is 19.3. The van der Waals surface area contributed by atoms with Gasteiger partial charge in [-0.05, 0) is 37.1 Å². The number of imidazole rings is 1. The Bertz CT molecular complexity index is 677. The van der Waals surface area contributed by atoms with Crippen LogP contribution in [0.3, 0.4) is 0 Å². The summed E-state index contributed by atoms with van der Waals surface area (Å²) >= 11 is 0. The van der Waals surface area contributed by atoms with E-state index in [4.69, 9.17) is 0 Å². The van der Waals surface area contributed by atoms with E-state index >= 15 is 0 Å². The monoisotopic (exact) mass is 336 g/mol. The second-order valence-electron chi connectivity index (χ2n) is 5.51. The Balaban J connectivity index is 1.49. The summed E-state index contributed by atoms with van der Waals surface area (Å²) in [6.07, 6.45) is 5.24. The van der Waals surface area contributed by atoms with Gasteiger partial charge >= 0.3 is 12.6 Å². The third-order valence-electron chi connectivity index (χ3n) is 3.73. The Morgan fingerprint density at radius 1 is 1.29 bits per heavy atom. The van der Waals surface area contributed by atoms with Gasteiger partial charge < -0.3 is 19.9 Å². The average Bonchev–Trinajstić information content (AvgIpc) is 2.97. The number of aromatic nitrogens is 2. The van der Waals surface area contributed by atoms with Gasteiger partial charge in [-0.1, -0.05) is 0 Å². The second-order valence-corrected chi connectivity index (χ2v) is 5.51. The predicted molar refractivity (Wildman–Crippen MR) is 84.1 cm³/mol. The lowest BCUT2D eigenvalue weighted by Gasteiger charge is -2.11. The Morgan fingerprint density at radius 2 is 2.08 bits per heavy atom. The SMILES string of the molecule is O=C(NCc1cn2c(n1)CCCC2)Nc1ccc(OC(F)F)cc1. The number of nitrogens with zero attached hydrogens (tertiary/aromatic N) is 2. The third-order valence-corrected chi connectivity index (χ3v) is 3.73. The van der Waals surface area contributed by atoms with Crippen molar-refractivity contribution in [3.05, 3.63) is 42.0 Å². The summed E-state index contributed by atoms with van der Waals surface area (Å²) in [5.41, 5.74) is 1.31. The van der Waals surface area contributed by atoms with Crippen molar-refractivity contribution in [3.63, 3.8) is 0 Å². The van der Waals surface area contributed by atoms with E-state index < -0.39 is 6.61 Å². The van der Waals surface area contributed by atoms with Crippen LogP contribution in [0.2, 0.25) is 0 Å². The van der Waals surface area contributed by atoms with E-state index in [2.05, 4.69) is 24.9 Å². The number of alkyl halides is 2. The van der Waals surface area contributed by atoms with Crippen molar-refractivity contribution in [1.29, 1.82) is 0 Å². The topological polar surface area (TPSA) is 68.2 Å². The van der Waals surface area contributed by atoms with E-state index in [0.29, 0.717) is 12.2 Å². The van der Waals surface area contributed by atoms with Crippen LogP contribution in [0.25, 0.3) is 0 Å². The maximum Gasteiger partial charge on any atom is 0.387 e. The molecule has 2 aromatic rings. The van der Waals surface area contributed by atoms with Crippen LogP contribution in [0.4, 0.5) is 19.3 Å². The first-order valence-corrected chi connectivity index (χ1v) is 7.75. The number of urea groups is 1. The number of aryl methyl sites for hydroxylation is 2. The quantitative estimate of drug-likeness (QED) is 0.881. The fraction of sp³-hybridized carbons (Fsp3) is 0.375. The summed E-state index contributed by atoms with van der Waals surface area (Å²) in [6, 6.07) is 5.33. The molecule has 0 spiro atoms. The van der Waals surface area contributed by atoms with Gasteiger partial charge in [0, 0.05) is 24.8 Å². The van der Waals surface area contributed by atoms with Gasteiger partial charge in [0.25, 0.3) is 0 Å². The lowest BCUT2D eigenvalue weighted by atomic mass is 10.2. The van der Waals surface area contributed by atoms with Gasteiger partial charge in [0.05, 0.1) is 12.2 Å². The van der Waals surface area contributed by atoms with Gasteiger partial charge in [-0.15, -0.1) is 0 Å². The molecule has 3 rings (SSSR count). The molecule has 0 saturated carbocycles. The summed E-state index contributed by atoms with van der Waals surface area (Å²) in [5.74, 6) is 1.10. The number of fused-ring (bicyclic) bond motifs is 1. The molecule has 1 aromatic heterocycles. The number of halogens is 2. The molecule has 1 aromatic carbocycles. The molecule has 0 saturated heterocycles. The average molecular weight is 336 g/mol. The highest BCUT2D eigenvalue weighted by molar-refractivity contribution is 5.89. The fourth-order valence-electron chi connectivity index (χ4n) is 2.62. The lowest BCUT2D eigenvalue weighted by Crippen LogP contribution is -2.28. The summed E-state index contributed by atoms with van der Waals surface area (Å²) in [5, 5.41) is 5.35. The van der Waals surface area contributed by atoms with Gasteiger partial charge in [-0.2, -0.15) is 8.78 Å². The van der Waals surface area contributed by atoms with Crippen molar-refractivity contribution in [2.75, 3.05) is 5.32 Å². The third kappa shape index (κ3) is 4.21. The number of ether oxygens (including phenoxy) is 1. The van der Waals surface area contributed by atoms with Gasteiger partial charge in [-0.25, -0.2) is 9.78 Å². The number of amides is 2. The maximum atomic E-state index is 12.1. The molecule has 24 heavy (non-hydrogen) atoms. The Labute approximate surface area is 137 Å². The van der Waals surface area contributed by atoms with E-state index in [0.717, 1.165) is 37.3 Å². The van der Waals surface area contributed by atoms with Crippen LogP contribution >= 0.6 is 0 Å². The van der Waals surface area contributed by atoms with Crippen LogP contribution in [-0.4, -0.2) is 22.2 Å². The predicted octanol–water partition coefficient (Wildman–Crippen LogP) is 3.14. The molecule has 2 amide bonds. The summed E-state index contributed by atoms with van der Waals surface area (Å²) in [7, 11) is 0. The molecule has 8 heteroatoms. The van der Waals surface area contributed by atoms with Gasteiger partial charge in [0.2, 0.25) is 0 Å². The highest BCUT2D eigenvalue weighted by Gasteiger charge is 2.12. The van der Waals surface area contributed by atoms with Crippen molar-refractivity contribution < 1.29 is 18.3 Å². The zero-order chi connectivity index (χ0) is 16.9. The molecule has 0 fully saturated rings. The van der Waals surface area contributed by atoms with Crippen LogP contribution in [-0.2, 0) is 19.5 Å². The van der Waals surface area contributed by atoms with Crippen molar-refractivity contribution in [2.45, 2.75) is 39.0 Å². The van der Waals surface area contributed by atoms with E-state index in [1.807, 2.05) is 6.20 Å². The Morgan fingerprint density at radius 3 is 2.79 bits per heavy atom. The molecule has 1 aliphatic heterocycles. The highest BCUT2D eigenvalue weighted by Crippen LogP contribution is 2.18. The van der Waals surface area contributed by atoms with Crippen molar-refractivity contribution in [2.24, 2.45) is 0 Å². The number of hydrogen-bond acceptors (Lipinski definition) is 3. The normalized spacial score (nSPS) is 13.5.